The molecule has 0 aromatic heterocycles. The summed E-state index contributed by atoms with van der Waals surface area (Å²) in [5, 5.41) is 2.65. The van der Waals surface area contributed by atoms with E-state index in [9.17, 15) is 9.59 Å². The van der Waals surface area contributed by atoms with E-state index in [1.54, 1.807) is 0 Å². The van der Waals surface area contributed by atoms with E-state index < -0.39 is 0 Å². The third-order valence-electron chi connectivity index (χ3n) is 4.74. The highest BCUT2D eigenvalue weighted by molar-refractivity contribution is 5.87. The van der Waals surface area contributed by atoms with Crippen molar-refractivity contribution in [3.05, 3.63) is 0 Å². The van der Waals surface area contributed by atoms with Crippen LogP contribution < -0.4 is 5.32 Å². The smallest absolute Gasteiger partial charge is 0.241 e. The number of amides is 2. The molecule has 3 aliphatic rings. The van der Waals surface area contributed by atoms with Gasteiger partial charge in [-0.15, -0.1) is 0 Å². The Balaban J connectivity index is 1.60. The SMILES string of the molecule is O=C1CCN(CC2CC3CCC2C3)C(=O)CN1. The summed E-state index contributed by atoms with van der Waals surface area (Å²) in [6, 6.07) is 0. The maximum atomic E-state index is 11.9. The number of carbonyl (C=O) groups excluding carboxylic acids is 2. The molecule has 0 radical (unpaired) electrons. The number of rotatable bonds is 2. The van der Waals surface area contributed by atoms with Crippen LogP contribution >= 0.6 is 0 Å². The predicted molar refractivity (Wildman–Crippen MR) is 63.1 cm³/mol. The summed E-state index contributed by atoms with van der Waals surface area (Å²) >= 11 is 0. The number of hydrogen-bond donors (Lipinski definition) is 1. The molecule has 94 valence electrons. The molecule has 2 amide bonds. The van der Waals surface area contributed by atoms with Crippen LogP contribution in [0.25, 0.3) is 0 Å². The molecular formula is C13H20N2O2. The number of nitrogens with one attached hydrogen (secondary N) is 1. The Kier molecular flexibility index (Phi) is 2.81. The van der Waals surface area contributed by atoms with Gasteiger partial charge in [-0.05, 0) is 37.0 Å². The fourth-order valence-corrected chi connectivity index (χ4v) is 3.81. The monoisotopic (exact) mass is 236 g/mol. The summed E-state index contributed by atoms with van der Waals surface area (Å²) in [6.07, 6.45) is 5.90. The molecule has 1 heterocycles. The van der Waals surface area contributed by atoms with Gasteiger partial charge in [0.1, 0.15) is 0 Å². The summed E-state index contributed by atoms with van der Waals surface area (Å²) < 4.78 is 0. The standard InChI is InChI=1S/C13H20N2O2/c16-12-3-4-15(13(17)7-14-12)8-11-6-9-1-2-10(11)5-9/h9-11H,1-8H2,(H,14,16). The van der Waals surface area contributed by atoms with E-state index in [1.165, 1.54) is 25.7 Å². The van der Waals surface area contributed by atoms with Gasteiger partial charge in [0.15, 0.2) is 0 Å². The molecule has 1 aliphatic heterocycles. The van der Waals surface area contributed by atoms with E-state index in [4.69, 9.17) is 0 Å². The van der Waals surface area contributed by atoms with E-state index in [0.29, 0.717) is 18.9 Å². The van der Waals surface area contributed by atoms with Gasteiger partial charge in [-0.3, -0.25) is 9.59 Å². The molecule has 3 atom stereocenters. The molecular weight excluding hydrogens is 216 g/mol. The fraction of sp³-hybridized carbons (Fsp3) is 0.846. The summed E-state index contributed by atoms with van der Waals surface area (Å²) in [6.45, 7) is 1.69. The van der Waals surface area contributed by atoms with Gasteiger partial charge in [-0.2, -0.15) is 0 Å². The van der Waals surface area contributed by atoms with Gasteiger partial charge in [-0.25, -0.2) is 0 Å². The molecule has 3 fully saturated rings. The van der Waals surface area contributed by atoms with Crippen LogP contribution in [-0.2, 0) is 9.59 Å². The molecule has 17 heavy (non-hydrogen) atoms. The Hall–Kier alpha value is -1.06. The highest BCUT2D eigenvalue weighted by Gasteiger charge is 2.40. The lowest BCUT2D eigenvalue weighted by molar-refractivity contribution is -0.130. The van der Waals surface area contributed by atoms with Crippen LogP contribution in [0.2, 0.25) is 0 Å². The largest absolute Gasteiger partial charge is 0.347 e. The number of fused-ring (bicyclic) bond motifs is 2. The Morgan fingerprint density at radius 3 is 2.82 bits per heavy atom. The highest BCUT2D eigenvalue weighted by Crippen LogP contribution is 2.48. The molecule has 1 N–H and O–H groups in total. The zero-order valence-corrected chi connectivity index (χ0v) is 10.2. The minimum atomic E-state index is 0.00814. The van der Waals surface area contributed by atoms with Crippen LogP contribution in [0.15, 0.2) is 0 Å². The number of carbonyl (C=O) groups is 2. The fourth-order valence-electron chi connectivity index (χ4n) is 3.81. The average Bonchev–Trinajstić information content (AvgIpc) is 2.89. The first-order valence-corrected chi connectivity index (χ1v) is 6.77. The summed E-state index contributed by atoms with van der Waals surface area (Å²) in [5.74, 6) is 2.57. The van der Waals surface area contributed by atoms with E-state index in [-0.39, 0.29) is 18.4 Å². The predicted octanol–water partition coefficient (Wildman–Crippen LogP) is 0.771. The minimum absolute atomic E-state index is 0.00814. The van der Waals surface area contributed by atoms with Crippen molar-refractivity contribution >= 4 is 11.8 Å². The summed E-state index contributed by atoms with van der Waals surface area (Å²) in [4.78, 5) is 25.0. The third kappa shape index (κ3) is 2.17. The molecule has 3 rings (SSSR count). The summed E-state index contributed by atoms with van der Waals surface area (Å²) in [7, 11) is 0. The van der Waals surface area contributed by atoms with Crippen LogP contribution in [-0.4, -0.2) is 36.3 Å². The maximum Gasteiger partial charge on any atom is 0.241 e. The first kappa shape index (κ1) is 11.1. The number of hydrogen-bond acceptors (Lipinski definition) is 2. The van der Waals surface area contributed by atoms with Crippen molar-refractivity contribution in [1.29, 1.82) is 0 Å². The third-order valence-corrected chi connectivity index (χ3v) is 4.74. The lowest BCUT2D eigenvalue weighted by atomic mass is 9.88. The molecule has 0 spiro atoms. The van der Waals surface area contributed by atoms with E-state index in [0.717, 1.165) is 18.4 Å². The van der Waals surface area contributed by atoms with Crippen LogP contribution in [0.4, 0.5) is 0 Å². The van der Waals surface area contributed by atoms with E-state index >= 15 is 0 Å². The molecule has 4 nitrogen and oxygen atoms in total. The average molecular weight is 236 g/mol. The molecule has 0 aromatic carbocycles. The van der Waals surface area contributed by atoms with Crippen molar-refractivity contribution in [1.82, 2.24) is 10.2 Å². The molecule has 4 heteroatoms. The topological polar surface area (TPSA) is 49.4 Å². The number of nitrogens with zero attached hydrogens (tertiary/aromatic N) is 1. The van der Waals surface area contributed by atoms with Crippen molar-refractivity contribution in [3.8, 4) is 0 Å². The second-order valence-corrected chi connectivity index (χ2v) is 5.80. The molecule has 2 saturated carbocycles. The van der Waals surface area contributed by atoms with E-state index in [2.05, 4.69) is 5.32 Å². The first-order valence-electron chi connectivity index (χ1n) is 6.77. The van der Waals surface area contributed by atoms with Crippen LogP contribution in [0.1, 0.15) is 32.1 Å². The Morgan fingerprint density at radius 2 is 2.12 bits per heavy atom. The van der Waals surface area contributed by atoms with Gasteiger partial charge in [0.25, 0.3) is 0 Å². The Labute approximate surface area is 102 Å². The zero-order chi connectivity index (χ0) is 11.8. The first-order chi connectivity index (χ1) is 8.22. The van der Waals surface area contributed by atoms with Crippen molar-refractivity contribution < 1.29 is 9.59 Å². The molecule has 0 aromatic rings. The van der Waals surface area contributed by atoms with Gasteiger partial charge in [0.05, 0.1) is 6.54 Å². The normalized spacial score (nSPS) is 37.2. The van der Waals surface area contributed by atoms with Crippen LogP contribution in [0, 0.1) is 17.8 Å². The molecule has 2 aliphatic carbocycles. The second-order valence-electron chi connectivity index (χ2n) is 5.80. The van der Waals surface area contributed by atoms with Gasteiger partial charge in [0.2, 0.25) is 11.8 Å². The Morgan fingerprint density at radius 1 is 1.24 bits per heavy atom. The summed E-state index contributed by atoms with van der Waals surface area (Å²) in [5.41, 5.74) is 0. The van der Waals surface area contributed by atoms with Gasteiger partial charge in [0, 0.05) is 19.5 Å². The maximum absolute atomic E-state index is 11.9. The van der Waals surface area contributed by atoms with E-state index in [1.807, 2.05) is 4.90 Å². The minimum Gasteiger partial charge on any atom is -0.347 e. The zero-order valence-electron chi connectivity index (χ0n) is 10.2. The molecule has 2 bridgehead atoms. The van der Waals surface area contributed by atoms with Gasteiger partial charge in [-0.1, -0.05) is 6.42 Å². The quantitative estimate of drug-likeness (QED) is 0.770. The highest BCUT2D eigenvalue weighted by atomic mass is 16.2. The second kappa shape index (κ2) is 4.31. The van der Waals surface area contributed by atoms with Crippen LogP contribution in [0.5, 0.6) is 0 Å². The van der Waals surface area contributed by atoms with Crippen LogP contribution in [0.3, 0.4) is 0 Å². The van der Waals surface area contributed by atoms with Crippen molar-refractivity contribution in [2.24, 2.45) is 17.8 Å². The van der Waals surface area contributed by atoms with Crippen molar-refractivity contribution in [2.45, 2.75) is 32.1 Å². The van der Waals surface area contributed by atoms with Gasteiger partial charge >= 0.3 is 0 Å². The molecule has 3 unspecified atom stereocenters. The lowest BCUT2D eigenvalue weighted by Crippen LogP contribution is -2.39. The Bertz CT molecular complexity index is 342. The van der Waals surface area contributed by atoms with Crippen molar-refractivity contribution in [2.75, 3.05) is 19.6 Å². The molecule has 1 saturated heterocycles. The lowest BCUT2D eigenvalue weighted by Gasteiger charge is -2.28. The van der Waals surface area contributed by atoms with Crippen molar-refractivity contribution in [3.63, 3.8) is 0 Å². The van der Waals surface area contributed by atoms with Gasteiger partial charge < -0.3 is 10.2 Å².